The largest absolute Gasteiger partial charge is 0.351 e. The topological polar surface area (TPSA) is 29.1 Å². The molecule has 0 heterocycles. The van der Waals surface area contributed by atoms with E-state index in [0.717, 1.165) is 0 Å². The van der Waals surface area contributed by atoms with Crippen LogP contribution in [-0.4, -0.2) is 11.2 Å². The number of nitrogens with one attached hydrogen (secondary N) is 1. The van der Waals surface area contributed by atoms with Crippen molar-refractivity contribution >= 4 is 21.8 Å². The third-order valence-electron chi connectivity index (χ3n) is 2.42. The summed E-state index contributed by atoms with van der Waals surface area (Å²) in [7, 11) is 0. The van der Waals surface area contributed by atoms with Gasteiger partial charge in [0.2, 0.25) is 5.91 Å². The van der Waals surface area contributed by atoms with Gasteiger partial charge in [-0.15, -0.1) is 0 Å². The summed E-state index contributed by atoms with van der Waals surface area (Å²) >= 11 is 3.12. The standard InChI is InChI=1S/C12H16BrNO/c1-8-4-9(2)11(10(3)5-8)7-14-12(15)6-13/h4-5H,6-7H2,1-3H3,(H,14,15). The molecule has 0 radical (unpaired) electrons. The van der Waals surface area contributed by atoms with Crippen LogP contribution >= 0.6 is 15.9 Å². The number of benzene rings is 1. The summed E-state index contributed by atoms with van der Waals surface area (Å²) in [4.78, 5) is 11.1. The second-order valence-corrected chi connectivity index (χ2v) is 4.35. The van der Waals surface area contributed by atoms with E-state index in [1.165, 1.54) is 22.3 Å². The van der Waals surface area contributed by atoms with Crippen LogP contribution in [0.2, 0.25) is 0 Å². The fourth-order valence-electron chi connectivity index (χ4n) is 1.72. The number of aryl methyl sites for hydroxylation is 3. The first-order valence-electron chi connectivity index (χ1n) is 4.94. The maximum Gasteiger partial charge on any atom is 0.230 e. The Balaban J connectivity index is 2.81. The lowest BCUT2D eigenvalue weighted by molar-refractivity contribution is -0.118. The molecule has 15 heavy (non-hydrogen) atoms. The van der Waals surface area contributed by atoms with Crippen molar-refractivity contribution in [1.29, 1.82) is 0 Å². The number of hydrogen-bond acceptors (Lipinski definition) is 1. The number of carbonyl (C=O) groups is 1. The zero-order valence-corrected chi connectivity index (χ0v) is 10.9. The Morgan fingerprint density at radius 1 is 1.27 bits per heavy atom. The molecule has 0 aromatic heterocycles. The van der Waals surface area contributed by atoms with Crippen molar-refractivity contribution in [3.63, 3.8) is 0 Å². The van der Waals surface area contributed by atoms with E-state index in [1.54, 1.807) is 0 Å². The van der Waals surface area contributed by atoms with E-state index in [9.17, 15) is 4.79 Å². The van der Waals surface area contributed by atoms with Crippen molar-refractivity contribution in [1.82, 2.24) is 5.32 Å². The third kappa shape index (κ3) is 3.34. The van der Waals surface area contributed by atoms with E-state index < -0.39 is 0 Å². The summed E-state index contributed by atoms with van der Waals surface area (Å²) in [5.74, 6) is 0.0226. The molecule has 0 saturated heterocycles. The van der Waals surface area contributed by atoms with Gasteiger partial charge in [-0.3, -0.25) is 4.79 Å². The van der Waals surface area contributed by atoms with Gasteiger partial charge >= 0.3 is 0 Å². The molecule has 1 rings (SSSR count). The van der Waals surface area contributed by atoms with Crippen LogP contribution in [0.25, 0.3) is 0 Å². The van der Waals surface area contributed by atoms with E-state index in [1.807, 2.05) is 0 Å². The number of amides is 1. The van der Waals surface area contributed by atoms with Crippen LogP contribution in [0.3, 0.4) is 0 Å². The van der Waals surface area contributed by atoms with Gasteiger partial charge in [0, 0.05) is 6.54 Å². The molecule has 0 aliphatic heterocycles. The molecular formula is C12H16BrNO. The third-order valence-corrected chi connectivity index (χ3v) is 2.93. The summed E-state index contributed by atoms with van der Waals surface area (Å²) in [5, 5.41) is 3.22. The van der Waals surface area contributed by atoms with Crippen LogP contribution in [0.5, 0.6) is 0 Å². The van der Waals surface area contributed by atoms with Gasteiger partial charge in [-0.2, -0.15) is 0 Å². The highest BCUT2D eigenvalue weighted by Gasteiger charge is 2.05. The van der Waals surface area contributed by atoms with Crippen LogP contribution < -0.4 is 5.32 Å². The highest BCUT2D eigenvalue weighted by Crippen LogP contribution is 2.15. The van der Waals surface area contributed by atoms with E-state index in [4.69, 9.17) is 0 Å². The van der Waals surface area contributed by atoms with E-state index in [2.05, 4.69) is 54.2 Å². The van der Waals surface area contributed by atoms with Gasteiger partial charge < -0.3 is 5.32 Å². The maximum atomic E-state index is 11.1. The predicted octanol–water partition coefficient (Wildman–Crippen LogP) is 2.62. The Morgan fingerprint density at radius 2 is 1.80 bits per heavy atom. The molecule has 0 saturated carbocycles. The van der Waals surface area contributed by atoms with Crippen molar-refractivity contribution in [2.24, 2.45) is 0 Å². The van der Waals surface area contributed by atoms with Crippen molar-refractivity contribution in [2.45, 2.75) is 27.3 Å². The molecule has 1 aromatic rings. The molecule has 0 atom stereocenters. The van der Waals surface area contributed by atoms with Crippen molar-refractivity contribution in [3.8, 4) is 0 Å². The molecular weight excluding hydrogens is 254 g/mol. The Morgan fingerprint density at radius 3 is 2.27 bits per heavy atom. The molecule has 0 aliphatic rings. The first-order chi connectivity index (χ1) is 7.04. The monoisotopic (exact) mass is 269 g/mol. The lowest BCUT2D eigenvalue weighted by Crippen LogP contribution is -2.24. The Labute approximate surface area is 99.2 Å². The molecule has 2 nitrogen and oxygen atoms in total. The molecule has 0 unspecified atom stereocenters. The van der Waals surface area contributed by atoms with E-state index in [0.29, 0.717) is 11.9 Å². The number of halogens is 1. The lowest BCUT2D eigenvalue weighted by atomic mass is 10.00. The quantitative estimate of drug-likeness (QED) is 0.840. The summed E-state index contributed by atoms with van der Waals surface area (Å²) < 4.78 is 0. The van der Waals surface area contributed by atoms with Gasteiger partial charge in [0.15, 0.2) is 0 Å². The highest BCUT2D eigenvalue weighted by molar-refractivity contribution is 9.09. The van der Waals surface area contributed by atoms with E-state index >= 15 is 0 Å². The molecule has 0 bridgehead atoms. The molecule has 0 spiro atoms. The number of hydrogen-bond donors (Lipinski definition) is 1. The van der Waals surface area contributed by atoms with Gasteiger partial charge in [-0.25, -0.2) is 0 Å². The first-order valence-corrected chi connectivity index (χ1v) is 6.06. The fraction of sp³-hybridized carbons (Fsp3) is 0.417. The molecule has 0 fully saturated rings. The molecule has 0 aliphatic carbocycles. The SMILES string of the molecule is Cc1cc(C)c(CNC(=O)CBr)c(C)c1. The molecule has 1 aromatic carbocycles. The number of alkyl halides is 1. The number of rotatable bonds is 3. The van der Waals surface area contributed by atoms with Crippen LogP contribution in [0.15, 0.2) is 12.1 Å². The minimum atomic E-state index is 0.0226. The van der Waals surface area contributed by atoms with Gasteiger partial charge in [-0.05, 0) is 37.5 Å². The second-order valence-electron chi connectivity index (χ2n) is 3.79. The maximum absolute atomic E-state index is 11.1. The Hall–Kier alpha value is -0.830. The molecule has 3 heteroatoms. The Kier molecular flexibility index (Phi) is 4.33. The van der Waals surface area contributed by atoms with Crippen LogP contribution in [0.1, 0.15) is 22.3 Å². The molecule has 1 amide bonds. The molecule has 1 N–H and O–H groups in total. The van der Waals surface area contributed by atoms with Crippen molar-refractivity contribution in [3.05, 3.63) is 34.4 Å². The highest BCUT2D eigenvalue weighted by atomic mass is 79.9. The minimum absolute atomic E-state index is 0.0226. The van der Waals surface area contributed by atoms with Crippen LogP contribution in [-0.2, 0) is 11.3 Å². The minimum Gasteiger partial charge on any atom is -0.351 e. The van der Waals surface area contributed by atoms with Gasteiger partial charge in [-0.1, -0.05) is 33.6 Å². The van der Waals surface area contributed by atoms with Crippen molar-refractivity contribution in [2.75, 3.05) is 5.33 Å². The van der Waals surface area contributed by atoms with Crippen molar-refractivity contribution < 1.29 is 4.79 Å². The van der Waals surface area contributed by atoms with E-state index in [-0.39, 0.29) is 5.91 Å². The average Bonchev–Trinajstić information content (AvgIpc) is 2.15. The van der Waals surface area contributed by atoms with Gasteiger partial charge in [0.05, 0.1) is 5.33 Å². The summed E-state index contributed by atoms with van der Waals surface area (Å²) in [6, 6.07) is 4.28. The fourth-order valence-corrected chi connectivity index (χ4v) is 1.92. The number of carbonyl (C=O) groups excluding carboxylic acids is 1. The smallest absolute Gasteiger partial charge is 0.230 e. The van der Waals surface area contributed by atoms with Gasteiger partial charge in [0.25, 0.3) is 0 Å². The zero-order valence-electron chi connectivity index (χ0n) is 9.36. The predicted molar refractivity (Wildman–Crippen MR) is 66.3 cm³/mol. The normalized spacial score (nSPS) is 10.1. The average molecular weight is 270 g/mol. The second kappa shape index (κ2) is 5.31. The lowest BCUT2D eigenvalue weighted by Gasteiger charge is -2.11. The zero-order chi connectivity index (χ0) is 11.4. The van der Waals surface area contributed by atoms with Gasteiger partial charge in [0.1, 0.15) is 0 Å². The first kappa shape index (κ1) is 12.2. The summed E-state index contributed by atoms with van der Waals surface area (Å²) in [6.45, 7) is 6.86. The summed E-state index contributed by atoms with van der Waals surface area (Å²) in [6.07, 6.45) is 0. The van der Waals surface area contributed by atoms with Crippen LogP contribution in [0.4, 0.5) is 0 Å². The summed E-state index contributed by atoms with van der Waals surface area (Å²) in [5.41, 5.74) is 4.96. The Bertz CT molecular complexity index is 351. The molecule has 82 valence electrons. The van der Waals surface area contributed by atoms with Crippen LogP contribution in [0, 0.1) is 20.8 Å².